The lowest BCUT2D eigenvalue weighted by Crippen LogP contribution is -2.04. The zero-order valence-corrected chi connectivity index (χ0v) is 12.7. The van der Waals surface area contributed by atoms with Gasteiger partial charge in [0, 0.05) is 27.4 Å². The molecule has 2 rings (SSSR count). The molecule has 2 aromatic rings. The van der Waals surface area contributed by atoms with E-state index in [4.69, 9.17) is 11.6 Å². The number of rotatable bonds is 4. The van der Waals surface area contributed by atoms with E-state index in [2.05, 4.69) is 40.2 Å². The fraction of sp³-hybridized carbons (Fsp3) is 0.308. The van der Waals surface area contributed by atoms with Crippen molar-refractivity contribution in [3.8, 4) is 0 Å². The Morgan fingerprint density at radius 1 is 1.39 bits per heavy atom. The van der Waals surface area contributed by atoms with E-state index in [0.717, 1.165) is 20.9 Å². The van der Waals surface area contributed by atoms with E-state index >= 15 is 0 Å². The first-order valence-corrected chi connectivity index (χ1v) is 6.96. The topological polar surface area (TPSA) is 29.9 Å². The highest BCUT2D eigenvalue weighted by molar-refractivity contribution is 9.10. The molecule has 1 N–H and O–H groups in total. The minimum absolute atomic E-state index is 0.390. The highest BCUT2D eigenvalue weighted by atomic mass is 79.9. The molecule has 0 aliphatic heterocycles. The van der Waals surface area contributed by atoms with Crippen molar-refractivity contribution >= 4 is 33.2 Å². The molecule has 0 aliphatic rings. The molecule has 1 aromatic carbocycles. The monoisotopic (exact) mass is 327 g/mol. The van der Waals surface area contributed by atoms with E-state index in [1.54, 1.807) is 0 Å². The summed E-state index contributed by atoms with van der Waals surface area (Å²) in [6.07, 6.45) is 2.00. The number of aromatic nitrogens is 2. The fourth-order valence-electron chi connectivity index (χ4n) is 1.58. The second-order valence-electron chi connectivity index (χ2n) is 4.36. The molecule has 0 saturated heterocycles. The van der Waals surface area contributed by atoms with Crippen LogP contribution in [0, 0.1) is 0 Å². The van der Waals surface area contributed by atoms with E-state index < -0.39 is 0 Å². The van der Waals surface area contributed by atoms with Gasteiger partial charge in [-0.15, -0.1) is 0 Å². The molecular formula is C13H15BrClN3. The minimum Gasteiger partial charge on any atom is -0.378 e. The van der Waals surface area contributed by atoms with Crippen molar-refractivity contribution in [1.82, 2.24) is 9.78 Å². The maximum absolute atomic E-state index is 5.90. The van der Waals surface area contributed by atoms with E-state index in [9.17, 15) is 0 Å². The molecule has 1 heterocycles. The predicted octanol–water partition coefficient (Wildman–Crippen LogP) is 4.49. The summed E-state index contributed by atoms with van der Waals surface area (Å²) < 4.78 is 2.91. The van der Waals surface area contributed by atoms with Crippen LogP contribution in [-0.2, 0) is 6.54 Å². The van der Waals surface area contributed by atoms with Crippen molar-refractivity contribution in [3.63, 3.8) is 0 Å². The summed E-state index contributed by atoms with van der Waals surface area (Å²) in [5.74, 6) is 0. The zero-order valence-electron chi connectivity index (χ0n) is 10.3. The molecule has 0 spiro atoms. The van der Waals surface area contributed by atoms with E-state index in [-0.39, 0.29) is 0 Å². The first-order valence-electron chi connectivity index (χ1n) is 5.79. The van der Waals surface area contributed by atoms with Crippen molar-refractivity contribution in [2.24, 2.45) is 0 Å². The Bertz CT molecular complexity index is 537. The molecule has 3 nitrogen and oxygen atoms in total. The first kappa shape index (κ1) is 13.4. The summed E-state index contributed by atoms with van der Waals surface area (Å²) in [7, 11) is 0. The van der Waals surface area contributed by atoms with E-state index in [1.807, 2.05) is 35.1 Å². The van der Waals surface area contributed by atoms with E-state index in [0.29, 0.717) is 12.6 Å². The second kappa shape index (κ2) is 5.76. The summed E-state index contributed by atoms with van der Waals surface area (Å²) in [6, 6.07) is 8.10. The molecule has 0 bridgehead atoms. The average Bonchev–Trinajstić information content (AvgIpc) is 2.76. The molecule has 0 aliphatic carbocycles. The molecule has 0 atom stereocenters. The molecule has 96 valence electrons. The number of hydrogen-bond acceptors (Lipinski definition) is 2. The van der Waals surface area contributed by atoms with Gasteiger partial charge in [0.2, 0.25) is 0 Å². The molecule has 0 saturated carbocycles. The van der Waals surface area contributed by atoms with Gasteiger partial charge in [-0.1, -0.05) is 11.6 Å². The van der Waals surface area contributed by atoms with Crippen LogP contribution in [0.1, 0.15) is 25.6 Å². The standard InChI is InChI=1S/C13H15BrClN3/c1-9(2)18-6-5-11(17-18)8-16-13-4-3-10(15)7-12(13)14/h3-7,9,16H,8H2,1-2H3. The highest BCUT2D eigenvalue weighted by Gasteiger charge is 2.04. The third kappa shape index (κ3) is 3.27. The average molecular weight is 329 g/mol. The zero-order chi connectivity index (χ0) is 13.1. The third-order valence-corrected chi connectivity index (χ3v) is 3.47. The molecule has 0 radical (unpaired) electrons. The quantitative estimate of drug-likeness (QED) is 0.896. The maximum atomic E-state index is 5.90. The number of anilines is 1. The first-order chi connectivity index (χ1) is 8.56. The fourth-order valence-corrected chi connectivity index (χ4v) is 2.40. The van der Waals surface area contributed by atoms with Crippen molar-refractivity contribution in [2.75, 3.05) is 5.32 Å². The number of nitrogens with one attached hydrogen (secondary N) is 1. The highest BCUT2D eigenvalue weighted by Crippen LogP contribution is 2.26. The lowest BCUT2D eigenvalue weighted by molar-refractivity contribution is 0.527. The van der Waals surface area contributed by atoms with Crippen LogP contribution in [0.15, 0.2) is 34.9 Å². The number of hydrogen-bond donors (Lipinski definition) is 1. The third-order valence-electron chi connectivity index (χ3n) is 2.58. The number of benzene rings is 1. The molecule has 0 amide bonds. The Balaban J connectivity index is 2.02. The van der Waals surface area contributed by atoms with Gasteiger partial charge in [-0.2, -0.15) is 5.10 Å². The van der Waals surface area contributed by atoms with Gasteiger partial charge in [0.05, 0.1) is 12.2 Å². The number of halogens is 2. The Hall–Kier alpha value is -1.000. The second-order valence-corrected chi connectivity index (χ2v) is 5.65. The van der Waals surface area contributed by atoms with Gasteiger partial charge in [-0.05, 0) is 54.0 Å². The number of nitrogens with zero attached hydrogens (tertiary/aromatic N) is 2. The summed E-state index contributed by atoms with van der Waals surface area (Å²) in [4.78, 5) is 0. The Kier molecular flexibility index (Phi) is 4.30. The van der Waals surface area contributed by atoms with Gasteiger partial charge in [0.25, 0.3) is 0 Å². The van der Waals surface area contributed by atoms with Gasteiger partial charge in [0.15, 0.2) is 0 Å². The predicted molar refractivity (Wildman–Crippen MR) is 79.1 cm³/mol. The Morgan fingerprint density at radius 2 is 2.17 bits per heavy atom. The van der Waals surface area contributed by atoms with Crippen LogP contribution < -0.4 is 5.32 Å². The summed E-state index contributed by atoms with van der Waals surface area (Å²) in [6.45, 7) is 4.92. The molecule has 1 aromatic heterocycles. The normalized spacial score (nSPS) is 10.9. The molecule has 0 unspecified atom stereocenters. The van der Waals surface area contributed by atoms with Gasteiger partial charge in [-0.25, -0.2) is 0 Å². The van der Waals surface area contributed by atoms with Crippen LogP contribution in [-0.4, -0.2) is 9.78 Å². The van der Waals surface area contributed by atoms with Gasteiger partial charge in [0.1, 0.15) is 0 Å². The van der Waals surface area contributed by atoms with Gasteiger partial charge >= 0.3 is 0 Å². The van der Waals surface area contributed by atoms with Crippen LogP contribution >= 0.6 is 27.5 Å². The SMILES string of the molecule is CC(C)n1ccc(CNc2ccc(Cl)cc2Br)n1. The smallest absolute Gasteiger partial charge is 0.0815 e. The Morgan fingerprint density at radius 3 is 2.78 bits per heavy atom. The van der Waals surface area contributed by atoms with Crippen molar-refractivity contribution in [3.05, 3.63) is 45.7 Å². The summed E-state index contributed by atoms with van der Waals surface area (Å²) >= 11 is 9.38. The molecule has 5 heteroatoms. The van der Waals surface area contributed by atoms with Gasteiger partial charge < -0.3 is 5.32 Å². The van der Waals surface area contributed by atoms with Crippen molar-refractivity contribution in [2.45, 2.75) is 26.4 Å². The van der Waals surface area contributed by atoms with Crippen LogP contribution in [0.25, 0.3) is 0 Å². The largest absolute Gasteiger partial charge is 0.378 e. The Labute approximate surface area is 120 Å². The van der Waals surface area contributed by atoms with Crippen molar-refractivity contribution in [1.29, 1.82) is 0 Å². The lowest BCUT2D eigenvalue weighted by Gasteiger charge is -2.08. The summed E-state index contributed by atoms with van der Waals surface area (Å²) in [5, 5.41) is 8.53. The maximum Gasteiger partial charge on any atom is 0.0815 e. The van der Waals surface area contributed by atoms with Gasteiger partial charge in [-0.3, -0.25) is 4.68 Å². The van der Waals surface area contributed by atoms with E-state index in [1.165, 1.54) is 0 Å². The molecule has 18 heavy (non-hydrogen) atoms. The lowest BCUT2D eigenvalue weighted by atomic mass is 10.3. The van der Waals surface area contributed by atoms with Crippen LogP contribution in [0.2, 0.25) is 5.02 Å². The summed E-state index contributed by atoms with van der Waals surface area (Å²) in [5.41, 5.74) is 2.03. The van der Waals surface area contributed by atoms with Crippen molar-refractivity contribution < 1.29 is 0 Å². The molecule has 0 fully saturated rings. The minimum atomic E-state index is 0.390. The molecular weight excluding hydrogens is 314 g/mol. The van der Waals surface area contributed by atoms with Crippen LogP contribution in [0.3, 0.4) is 0 Å². The van der Waals surface area contributed by atoms with Crippen LogP contribution in [0.5, 0.6) is 0 Å². The van der Waals surface area contributed by atoms with Crippen LogP contribution in [0.4, 0.5) is 5.69 Å².